The van der Waals surface area contributed by atoms with Crippen LogP contribution in [0.3, 0.4) is 0 Å². The molecule has 2 amide bonds. The third kappa shape index (κ3) is 3.76. The largest absolute Gasteiger partial charge is 0.388 e. The molecule has 0 spiro atoms. The van der Waals surface area contributed by atoms with Gasteiger partial charge in [-0.2, -0.15) is 5.10 Å². The molecule has 2 heterocycles. The van der Waals surface area contributed by atoms with Crippen LogP contribution in [0.15, 0.2) is 0 Å². The number of carbonyl (C=O) groups excluding carboxylic acids is 1. The fourth-order valence-corrected chi connectivity index (χ4v) is 2.64. The number of carbonyl (C=O) groups is 1. The lowest BCUT2D eigenvalue weighted by molar-refractivity contribution is 0.0348. The standard InChI is InChI=1S/C15H27N5O2/c1-4-12-18-13-11(8-7-9-20(13)19-12)17-14(21)16-10-15(22,5-2)6-3/h11,22H,4-10H2,1-3H3,(H2,16,17,21). The summed E-state index contributed by atoms with van der Waals surface area (Å²) in [5.74, 6) is 1.65. The van der Waals surface area contributed by atoms with Crippen LogP contribution in [-0.2, 0) is 13.0 Å². The molecule has 2 rings (SSSR count). The van der Waals surface area contributed by atoms with Crippen LogP contribution in [0.1, 0.15) is 64.1 Å². The van der Waals surface area contributed by atoms with Crippen LogP contribution in [0.4, 0.5) is 4.79 Å². The van der Waals surface area contributed by atoms with Crippen LogP contribution < -0.4 is 10.6 Å². The van der Waals surface area contributed by atoms with Gasteiger partial charge in [0.2, 0.25) is 0 Å². The van der Waals surface area contributed by atoms with E-state index in [2.05, 4.69) is 20.7 Å². The third-order valence-electron chi connectivity index (χ3n) is 4.43. The predicted octanol–water partition coefficient (Wildman–Crippen LogP) is 1.53. The van der Waals surface area contributed by atoms with Gasteiger partial charge in [-0.15, -0.1) is 0 Å². The highest BCUT2D eigenvalue weighted by Gasteiger charge is 2.27. The molecule has 0 radical (unpaired) electrons. The van der Waals surface area contributed by atoms with Crippen molar-refractivity contribution in [1.29, 1.82) is 0 Å². The van der Waals surface area contributed by atoms with E-state index in [1.54, 1.807) is 0 Å². The van der Waals surface area contributed by atoms with Crippen LogP contribution in [0.5, 0.6) is 0 Å². The molecule has 0 bridgehead atoms. The van der Waals surface area contributed by atoms with Crippen LogP contribution in [0.25, 0.3) is 0 Å². The molecule has 124 valence electrons. The summed E-state index contributed by atoms with van der Waals surface area (Å²) < 4.78 is 1.89. The van der Waals surface area contributed by atoms with E-state index in [0.29, 0.717) is 12.8 Å². The first-order chi connectivity index (χ1) is 10.5. The van der Waals surface area contributed by atoms with Crippen molar-refractivity contribution >= 4 is 6.03 Å². The highest BCUT2D eigenvalue weighted by Crippen LogP contribution is 2.23. The molecule has 1 aliphatic rings. The number of aryl methyl sites for hydroxylation is 2. The number of nitrogens with zero attached hydrogens (tertiary/aromatic N) is 3. The van der Waals surface area contributed by atoms with Gasteiger partial charge in [0.15, 0.2) is 5.82 Å². The summed E-state index contributed by atoms with van der Waals surface area (Å²) in [5.41, 5.74) is -0.834. The molecule has 7 nitrogen and oxygen atoms in total. The number of rotatable bonds is 6. The monoisotopic (exact) mass is 309 g/mol. The smallest absolute Gasteiger partial charge is 0.315 e. The number of hydrogen-bond acceptors (Lipinski definition) is 4. The molecule has 3 N–H and O–H groups in total. The van der Waals surface area contributed by atoms with E-state index >= 15 is 0 Å². The van der Waals surface area contributed by atoms with Crippen molar-refractivity contribution in [2.45, 2.75) is 71.1 Å². The second kappa shape index (κ2) is 7.09. The van der Waals surface area contributed by atoms with Gasteiger partial charge in [-0.1, -0.05) is 20.8 Å². The number of hydrogen-bond donors (Lipinski definition) is 3. The van der Waals surface area contributed by atoms with Crippen LogP contribution in [-0.4, -0.2) is 38.0 Å². The van der Waals surface area contributed by atoms with Gasteiger partial charge in [-0.3, -0.25) is 0 Å². The van der Waals surface area contributed by atoms with E-state index in [9.17, 15) is 9.90 Å². The average molecular weight is 309 g/mol. The van der Waals surface area contributed by atoms with Gasteiger partial charge in [0, 0.05) is 19.5 Å². The topological polar surface area (TPSA) is 92.1 Å². The van der Waals surface area contributed by atoms with E-state index in [-0.39, 0.29) is 18.6 Å². The van der Waals surface area contributed by atoms with Crippen molar-refractivity contribution in [2.24, 2.45) is 0 Å². The summed E-state index contributed by atoms with van der Waals surface area (Å²) in [6.07, 6.45) is 3.85. The minimum atomic E-state index is -0.834. The summed E-state index contributed by atoms with van der Waals surface area (Å²) in [4.78, 5) is 16.6. The zero-order valence-electron chi connectivity index (χ0n) is 13.7. The van der Waals surface area contributed by atoms with Gasteiger partial charge < -0.3 is 15.7 Å². The third-order valence-corrected chi connectivity index (χ3v) is 4.43. The van der Waals surface area contributed by atoms with Crippen LogP contribution >= 0.6 is 0 Å². The van der Waals surface area contributed by atoms with Gasteiger partial charge in [0.1, 0.15) is 5.82 Å². The van der Waals surface area contributed by atoms with Crippen molar-refractivity contribution in [2.75, 3.05) is 6.54 Å². The fraction of sp³-hybridized carbons (Fsp3) is 0.800. The molecule has 0 saturated carbocycles. The van der Waals surface area contributed by atoms with Crippen molar-refractivity contribution in [1.82, 2.24) is 25.4 Å². The second-order valence-corrected chi connectivity index (χ2v) is 5.92. The maximum absolute atomic E-state index is 12.1. The predicted molar refractivity (Wildman–Crippen MR) is 83.4 cm³/mol. The van der Waals surface area contributed by atoms with Crippen molar-refractivity contribution in [3.8, 4) is 0 Å². The van der Waals surface area contributed by atoms with Gasteiger partial charge in [-0.25, -0.2) is 14.5 Å². The zero-order valence-corrected chi connectivity index (χ0v) is 13.7. The van der Waals surface area contributed by atoms with Gasteiger partial charge in [-0.05, 0) is 25.7 Å². The summed E-state index contributed by atoms with van der Waals surface area (Å²) in [7, 11) is 0. The van der Waals surface area contributed by atoms with E-state index in [1.807, 2.05) is 25.5 Å². The first kappa shape index (κ1) is 16.7. The fourth-order valence-electron chi connectivity index (χ4n) is 2.64. The molecule has 7 heteroatoms. The van der Waals surface area contributed by atoms with E-state index in [1.165, 1.54) is 0 Å². The Bertz CT molecular complexity index is 510. The number of nitrogens with one attached hydrogen (secondary N) is 2. The Hall–Kier alpha value is -1.63. The molecule has 1 atom stereocenters. The molecule has 0 saturated heterocycles. The Morgan fingerprint density at radius 3 is 2.77 bits per heavy atom. The number of amides is 2. The normalized spacial score (nSPS) is 17.9. The maximum Gasteiger partial charge on any atom is 0.315 e. The van der Waals surface area contributed by atoms with Crippen LogP contribution in [0.2, 0.25) is 0 Å². The first-order valence-electron chi connectivity index (χ1n) is 8.21. The lowest BCUT2D eigenvalue weighted by Crippen LogP contribution is -2.47. The number of aromatic nitrogens is 3. The summed E-state index contributed by atoms with van der Waals surface area (Å²) in [5, 5.41) is 20.4. The summed E-state index contributed by atoms with van der Waals surface area (Å²) >= 11 is 0. The highest BCUT2D eigenvalue weighted by atomic mass is 16.3. The zero-order chi connectivity index (χ0) is 16.2. The SMILES string of the molecule is CCc1nc2n(n1)CCCC2NC(=O)NCC(O)(CC)CC. The first-order valence-corrected chi connectivity index (χ1v) is 8.21. The minimum absolute atomic E-state index is 0.113. The maximum atomic E-state index is 12.1. The van der Waals surface area contributed by atoms with Crippen molar-refractivity contribution in [3.63, 3.8) is 0 Å². The lowest BCUT2D eigenvalue weighted by atomic mass is 9.98. The summed E-state index contributed by atoms with van der Waals surface area (Å²) in [6.45, 7) is 6.96. The Morgan fingerprint density at radius 2 is 2.14 bits per heavy atom. The van der Waals surface area contributed by atoms with Gasteiger partial charge in [0.05, 0.1) is 11.6 Å². The van der Waals surface area contributed by atoms with E-state index in [4.69, 9.17) is 0 Å². The van der Waals surface area contributed by atoms with Gasteiger partial charge >= 0.3 is 6.03 Å². The van der Waals surface area contributed by atoms with E-state index < -0.39 is 5.60 Å². The molecule has 0 aromatic carbocycles. The second-order valence-electron chi connectivity index (χ2n) is 5.92. The molecule has 0 aliphatic carbocycles. The number of aliphatic hydroxyl groups is 1. The lowest BCUT2D eigenvalue weighted by Gasteiger charge is -2.27. The Labute approximate surface area is 131 Å². The molecular weight excluding hydrogens is 282 g/mol. The highest BCUT2D eigenvalue weighted by molar-refractivity contribution is 5.74. The van der Waals surface area contributed by atoms with Gasteiger partial charge in [0.25, 0.3) is 0 Å². The molecule has 1 aromatic heterocycles. The molecule has 0 fully saturated rings. The van der Waals surface area contributed by atoms with E-state index in [0.717, 1.165) is 37.5 Å². The molecule has 22 heavy (non-hydrogen) atoms. The molecular formula is C15H27N5O2. The molecule has 1 unspecified atom stereocenters. The summed E-state index contributed by atoms with van der Waals surface area (Å²) in [6, 6.07) is -0.377. The van der Waals surface area contributed by atoms with Crippen molar-refractivity contribution < 1.29 is 9.90 Å². The molecule has 1 aliphatic heterocycles. The Balaban J connectivity index is 1.94. The Kier molecular flexibility index (Phi) is 5.39. The average Bonchev–Trinajstić information content (AvgIpc) is 2.97. The van der Waals surface area contributed by atoms with Crippen LogP contribution in [0, 0.1) is 0 Å². The number of urea groups is 1. The number of fused-ring (bicyclic) bond motifs is 1. The molecule has 1 aromatic rings. The minimum Gasteiger partial charge on any atom is -0.388 e. The quantitative estimate of drug-likeness (QED) is 0.743. The van der Waals surface area contributed by atoms with Crippen molar-refractivity contribution in [3.05, 3.63) is 11.6 Å². The Morgan fingerprint density at radius 1 is 1.41 bits per heavy atom.